The van der Waals surface area contributed by atoms with Crippen molar-refractivity contribution >= 4 is 45.1 Å². The number of rotatable bonds is 7. The van der Waals surface area contributed by atoms with Gasteiger partial charge in [0.1, 0.15) is 10.6 Å². The van der Waals surface area contributed by atoms with Gasteiger partial charge in [-0.1, -0.05) is 6.92 Å². The van der Waals surface area contributed by atoms with Crippen molar-refractivity contribution in [2.24, 2.45) is 0 Å². The van der Waals surface area contributed by atoms with Crippen LogP contribution in [0.3, 0.4) is 0 Å². The lowest BCUT2D eigenvalue weighted by Gasteiger charge is -2.15. The highest BCUT2D eigenvalue weighted by atomic mass is 32.2. The highest BCUT2D eigenvalue weighted by Crippen LogP contribution is 2.27. The van der Waals surface area contributed by atoms with E-state index in [1.54, 1.807) is 11.3 Å². The van der Waals surface area contributed by atoms with Crippen molar-refractivity contribution in [2.45, 2.75) is 26.3 Å². The third-order valence-electron chi connectivity index (χ3n) is 2.66. The van der Waals surface area contributed by atoms with Gasteiger partial charge < -0.3 is 10.6 Å². The number of aromatic nitrogens is 2. The van der Waals surface area contributed by atoms with Gasteiger partial charge in [0, 0.05) is 18.3 Å². The minimum absolute atomic E-state index is 0.395. The van der Waals surface area contributed by atoms with Crippen LogP contribution in [0.2, 0.25) is 0 Å². The summed E-state index contributed by atoms with van der Waals surface area (Å²) in [5.41, 5.74) is 0. The Morgan fingerprint density at radius 1 is 1.42 bits per heavy atom. The summed E-state index contributed by atoms with van der Waals surface area (Å²) in [4.78, 5) is 10.2. The smallest absolute Gasteiger partial charge is 0.226 e. The Balaban J connectivity index is 2.25. The maximum atomic E-state index is 4.60. The molecule has 1 atom stereocenters. The first-order valence-corrected chi connectivity index (χ1v) is 8.76. The quantitative estimate of drug-likeness (QED) is 0.816. The second-order valence-electron chi connectivity index (χ2n) is 4.46. The number of nitrogens with one attached hydrogen (secondary N) is 2. The zero-order valence-corrected chi connectivity index (χ0v) is 13.2. The van der Waals surface area contributed by atoms with Crippen LogP contribution in [-0.2, 0) is 0 Å². The second-order valence-corrected chi connectivity index (χ2v) is 6.27. The fourth-order valence-corrected chi connectivity index (χ4v) is 3.15. The lowest BCUT2D eigenvalue weighted by molar-refractivity contribution is 0.901. The Hall–Kier alpha value is -1.01. The molecule has 0 aliphatic rings. The van der Waals surface area contributed by atoms with Crippen molar-refractivity contribution in [1.82, 2.24) is 9.97 Å². The van der Waals surface area contributed by atoms with Crippen molar-refractivity contribution in [2.75, 3.05) is 29.2 Å². The average Bonchev–Trinajstić information content (AvgIpc) is 2.85. The number of hydrogen-bond donors (Lipinski definition) is 2. The maximum absolute atomic E-state index is 4.60. The standard InChI is InChI=1S/C13H20N4S2/c1-4-6-14-13-16-11(15-9(2)8-18-3)10-5-7-19-12(10)17-13/h5,7,9H,4,6,8H2,1-3H3,(H2,14,15,16,17). The summed E-state index contributed by atoms with van der Waals surface area (Å²) in [6.45, 7) is 5.21. The summed E-state index contributed by atoms with van der Waals surface area (Å²) in [6, 6.07) is 2.48. The SMILES string of the molecule is CCCNc1nc(NC(C)CSC)c2ccsc2n1. The molecule has 2 N–H and O–H groups in total. The summed E-state index contributed by atoms with van der Waals surface area (Å²) >= 11 is 3.49. The van der Waals surface area contributed by atoms with E-state index in [2.05, 4.69) is 52.2 Å². The Morgan fingerprint density at radius 2 is 2.26 bits per heavy atom. The zero-order valence-electron chi connectivity index (χ0n) is 11.6. The van der Waals surface area contributed by atoms with Crippen molar-refractivity contribution in [3.05, 3.63) is 11.4 Å². The predicted octanol–water partition coefficient (Wildman–Crippen LogP) is 3.68. The molecule has 19 heavy (non-hydrogen) atoms. The summed E-state index contributed by atoms with van der Waals surface area (Å²) in [5.74, 6) is 2.72. The number of fused-ring (bicyclic) bond motifs is 1. The van der Waals surface area contributed by atoms with E-state index in [4.69, 9.17) is 0 Å². The number of hydrogen-bond acceptors (Lipinski definition) is 6. The van der Waals surface area contributed by atoms with Crippen molar-refractivity contribution in [3.63, 3.8) is 0 Å². The Bertz CT molecular complexity index is 526. The van der Waals surface area contributed by atoms with E-state index in [9.17, 15) is 0 Å². The van der Waals surface area contributed by atoms with Crippen molar-refractivity contribution in [1.29, 1.82) is 0 Å². The third-order valence-corrected chi connectivity index (χ3v) is 4.30. The molecule has 6 heteroatoms. The first kappa shape index (κ1) is 14.4. The van der Waals surface area contributed by atoms with Crippen LogP contribution in [0.25, 0.3) is 10.2 Å². The topological polar surface area (TPSA) is 49.8 Å². The van der Waals surface area contributed by atoms with Gasteiger partial charge >= 0.3 is 0 Å². The van der Waals surface area contributed by atoms with E-state index in [1.165, 1.54) is 0 Å². The second kappa shape index (κ2) is 6.96. The fourth-order valence-electron chi connectivity index (χ4n) is 1.81. The minimum atomic E-state index is 0.395. The lowest BCUT2D eigenvalue weighted by atomic mass is 10.3. The van der Waals surface area contributed by atoms with Gasteiger partial charge in [0.25, 0.3) is 0 Å². The third kappa shape index (κ3) is 3.73. The summed E-state index contributed by atoms with van der Waals surface area (Å²) < 4.78 is 0. The van der Waals surface area contributed by atoms with Crippen LogP contribution in [0.1, 0.15) is 20.3 Å². The molecule has 0 aliphatic carbocycles. The summed E-state index contributed by atoms with van der Waals surface area (Å²) in [5, 5.41) is 9.92. The molecule has 0 bridgehead atoms. The van der Waals surface area contributed by atoms with E-state index in [-0.39, 0.29) is 0 Å². The number of nitrogens with zero attached hydrogens (tertiary/aromatic N) is 2. The highest BCUT2D eigenvalue weighted by Gasteiger charge is 2.10. The normalized spacial score (nSPS) is 12.6. The molecule has 0 fully saturated rings. The molecule has 0 aromatic carbocycles. The highest BCUT2D eigenvalue weighted by molar-refractivity contribution is 7.98. The molecule has 104 valence electrons. The van der Waals surface area contributed by atoms with Gasteiger partial charge in [0.2, 0.25) is 5.95 Å². The van der Waals surface area contributed by atoms with Gasteiger partial charge in [-0.2, -0.15) is 16.7 Å². The Morgan fingerprint density at radius 3 is 3.00 bits per heavy atom. The molecule has 1 unspecified atom stereocenters. The Kier molecular flexibility index (Phi) is 5.27. The van der Waals surface area contributed by atoms with Crippen LogP contribution >= 0.6 is 23.1 Å². The zero-order chi connectivity index (χ0) is 13.7. The molecule has 0 spiro atoms. The molecule has 2 heterocycles. The predicted molar refractivity (Wildman–Crippen MR) is 87.7 cm³/mol. The van der Waals surface area contributed by atoms with Crippen LogP contribution in [0.15, 0.2) is 11.4 Å². The van der Waals surface area contributed by atoms with Crippen molar-refractivity contribution < 1.29 is 0 Å². The van der Waals surface area contributed by atoms with E-state index < -0.39 is 0 Å². The van der Waals surface area contributed by atoms with E-state index in [1.807, 2.05) is 11.8 Å². The monoisotopic (exact) mass is 296 g/mol. The van der Waals surface area contributed by atoms with Gasteiger partial charge in [-0.3, -0.25) is 0 Å². The molecular formula is C13H20N4S2. The number of thiophene rings is 1. The summed E-state index contributed by atoms with van der Waals surface area (Å²) in [6.07, 6.45) is 3.18. The van der Waals surface area contributed by atoms with Gasteiger partial charge in [0.05, 0.1) is 5.39 Å². The molecule has 2 aromatic heterocycles. The summed E-state index contributed by atoms with van der Waals surface area (Å²) in [7, 11) is 0. The molecular weight excluding hydrogens is 276 g/mol. The number of thioether (sulfide) groups is 1. The molecule has 0 amide bonds. The average molecular weight is 296 g/mol. The molecule has 0 aliphatic heterocycles. The van der Waals surface area contributed by atoms with Gasteiger partial charge in [-0.05, 0) is 31.0 Å². The molecule has 0 saturated heterocycles. The van der Waals surface area contributed by atoms with Gasteiger partial charge in [-0.15, -0.1) is 11.3 Å². The maximum Gasteiger partial charge on any atom is 0.226 e. The van der Waals surface area contributed by atoms with Crippen LogP contribution in [0.5, 0.6) is 0 Å². The van der Waals surface area contributed by atoms with E-state index in [0.717, 1.165) is 40.7 Å². The van der Waals surface area contributed by atoms with Crippen LogP contribution < -0.4 is 10.6 Å². The molecule has 2 rings (SSSR count). The van der Waals surface area contributed by atoms with Crippen LogP contribution in [0.4, 0.5) is 11.8 Å². The van der Waals surface area contributed by atoms with Crippen LogP contribution in [-0.4, -0.2) is 34.6 Å². The van der Waals surface area contributed by atoms with Gasteiger partial charge in [-0.25, -0.2) is 4.98 Å². The van der Waals surface area contributed by atoms with Crippen molar-refractivity contribution in [3.8, 4) is 0 Å². The largest absolute Gasteiger partial charge is 0.366 e. The van der Waals surface area contributed by atoms with Gasteiger partial charge in [0.15, 0.2) is 0 Å². The molecule has 0 saturated carbocycles. The van der Waals surface area contributed by atoms with Crippen LogP contribution in [0, 0.1) is 0 Å². The first-order valence-electron chi connectivity index (χ1n) is 6.49. The molecule has 0 radical (unpaired) electrons. The lowest BCUT2D eigenvalue weighted by Crippen LogP contribution is -2.19. The minimum Gasteiger partial charge on any atom is -0.366 e. The van der Waals surface area contributed by atoms with E-state index in [0.29, 0.717) is 6.04 Å². The Labute approximate surface area is 122 Å². The fraction of sp³-hybridized carbons (Fsp3) is 0.538. The van der Waals surface area contributed by atoms with E-state index >= 15 is 0 Å². The molecule has 2 aromatic rings. The first-order chi connectivity index (χ1) is 9.24. The number of anilines is 2. The molecule has 4 nitrogen and oxygen atoms in total.